The van der Waals surface area contributed by atoms with E-state index in [0.29, 0.717) is 12.0 Å². The van der Waals surface area contributed by atoms with Crippen LogP contribution in [0, 0.1) is 0 Å². The smallest absolute Gasteiger partial charge is 0.243 e. The molecule has 1 atom stereocenters. The van der Waals surface area contributed by atoms with Gasteiger partial charge >= 0.3 is 0 Å². The van der Waals surface area contributed by atoms with Crippen molar-refractivity contribution in [3.8, 4) is 0 Å². The van der Waals surface area contributed by atoms with Gasteiger partial charge in [-0.15, -0.1) is 5.10 Å². The van der Waals surface area contributed by atoms with Crippen LogP contribution in [0.25, 0.3) is 0 Å². The van der Waals surface area contributed by atoms with Gasteiger partial charge in [0.2, 0.25) is 5.95 Å². The Labute approximate surface area is 118 Å². The second kappa shape index (κ2) is 5.56. The quantitative estimate of drug-likeness (QED) is 0.885. The largest absolute Gasteiger partial charge is 0.350 e. The molecule has 0 fully saturated rings. The number of anilines is 1. The van der Waals surface area contributed by atoms with Crippen LogP contribution in [0.15, 0.2) is 6.20 Å². The number of aromatic nitrogens is 5. The summed E-state index contributed by atoms with van der Waals surface area (Å²) in [6.45, 7) is 4.19. The second-order valence-corrected chi connectivity index (χ2v) is 5.19. The standard InChI is InChI=1S/C14H20N6/c1-3-11-12(4-2)19-20-14(17-11)16-10-5-6-13-9(7-10)8-15-18-13/h8,10H,3-7H2,1-2H3,(H,15,18)(H,16,17,20). The monoisotopic (exact) mass is 272 g/mol. The van der Waals surface area contributed by atoms with Crippen LogP contribution in [-0.4, -0.2) is 31.4 Å². The summed E-state index contributed by atoms with van der Waals surface area (Å²) in [5.41, 5.74) is 4.60. The summed E-state index contributed by atoms with van der Waals surface area (Å²) in [6.07, 6.45) is 6.74. The molecule has 0 aliphatic heterocycles. The van der Waals surface area contributed by atoms with E-state index in [9.17, 15) is 0 Å². The molecule has 0 saturated heterocycles. The highest BCUT2D eigenvalue weighted by Crippen LogP contribution is 2.21. The number of hydrogen-bond acceptors (Lipinski definition) is 5. The first-order valence-corrected chi connectivity index (χ1v) is 7.30. The lowest BCUT2D eigenvalue weighted by Crippen LogP contribution is -2.28. The molecule has 6 heteroatoms. The molecule has 1 aliphatic rings. The van der Waals surface area contributed by atoms with Crippen molar-refractivity contribution in [1.29, 1.82) is 0 Å². The molecular formula is C14H20N6. The number of hydrogen-bond donors (Lipinski definition) is 2. The van der Waals surface area contributed by atoms with Crippen LogP contribution < -0.4 is 5.32 Å². The van der Waals surface area contributed by atoms with Crippen LogP contribution >= 0.6 is 0 Å². The number of aromatic amines is 1. The molecule has 0 radical (unpaired) electrons. The van der Waals surface area contributed by atoms with E-state index in [1.165, 1.54) is 11.3 Å². The highest BCUT2D eigenvalue weighted by molar-refractivity contribution is 5.31. The van der Waals surface area contributed by atoms with Gasteiger partial charge in [0.1, 0.15) is 0 Å². The Morgan fingerprint density at radius 2 is 2.10 bits per heavy atom. The third-order valence-corrected chi connectivity index (χ3v) is 3.86. The Bertz CT molecular complexity index is 591. The number of H-pyrrole nitrogens is 1. The van der Waals surface area contributed by atoms with Gasteiger partial charge in [0.05, 0.1) is 17.6 Å². The maximum absolute atomic E-state index is 4.59. The Kier molecular flexibility index (Phi) is 3.62. The topological polar surface area (TPSA) is 79.4 Å². The fourth-order valence-electron chi connectivity index (χ4n) is 2.72. The van der Waals surface area contributed by atoms with Gasteiger partial charge < -0.3 is 5.32 Å². The molecule has 1 aliphatic carbocycles. The normalized spacial score (nSPS) is 17.8. The van der Waals surface area contributed by atoms with Crippen molar-refractivity contribution in [1.82, 2.24) is 25.4 Å². The number of nitrogens with zero attached hydrogens (tertiary/aromatic N) is 4. The minimum atomic E-state index is 0.360. The Morgan fingerprint density at radius 1 is 1.25 bits per heavy atom. The fraction of sp³-hybridized carbons (Fsp3) is 0.571. The molecule has 20 heavy (non-hydrogen) atoms. The van der Waals surface area contributed by atoms with Gasteiger partial charge in [-0.05, 0) is 37.7 Å². The molecule has 0 spiro atoms. The van der Waals surface area contributed by atoms with Crippen LogP contribution in [0.2, 0.25) is 0 Å². The predicted octanol–water partition coefficient (Wildman–Crippen LogP) is 1.69. The first-order valence-electron chi connectivity index (χ1n) is 7.30. The molecule has 2 aromatic heterocycles. The van der Waals surface area contributed by atoms with Crippen LogP contribution in [0.5, 0.6) is 0 Å². The minimum absolute atomic E-state index is 0.360. The third kappa shape index (κ3) is 2.50. The van der Waals surface area contributed by atoms with Crippen molar-refractivity contribution >= 4 is 5.95 Å². The van der Waals surface area contributed by atoms with Gasteiger partial charge in [-0.2, -0.15) is 10.2 Å². The SMILES string of the molecule is CCc1nnc(NC2CCc3[nH]ncc3C2)nc1CC. The molecular weight excluding hydrogens is 252 g/mol. The zero-order chi connectivity index (χ0) is 13.9. The summed E-state index contributed by atoms with van der Waals surface area (Å²) in [5, 5.41) is 19.0. The van der Waals surface area contributed by atoms with Crippen LogP contribution in [-0.2, 0) is 25.7 Å². The highest BCUT2D eigenvalue weighted by atomic mass is 15.2. The van der Waals surface area contributed by atoms with Crippen molar-refractivity contribution in [3.63, 3.8) is 0 Å². The fourth-order valence-corrected chi connectivity index (χ4v) is 2.72. The van der Waals surface area contributed by atoms with Crippen molar-refractivity contribution in [2.24, 2.45) is 0 Å². The molecule has 0 bridgehead atoms. The van der Waals surface area contributed by atoms with Gasteiger partial charge in [-0.3, -0.25) is 5.10 Å². The van der Waals surface area contributed by atoms with Crippen molar-refractivity contribution < 1.29 is 0 Å². The van der Waals surface area contributed by atoms with Gasteiger partial charge in [0, 0.05) is 11.7 Å². The van der Waals surface area contributed by atoms with E-state index in [2.05, 4.69) is 44.5 Å². The van der Waals surface area contributed by atoms with E-state index >= 15 is 0 Å². The van der Waals surface area contributed by atoms with E-state index in [4.69, 9.17) is 0 Å². The summed E-state index contributed by atoms with van der Waals surface area (Å²) >= 11 is 0. The van der Waals surface area contributed by atoms with Crippen molar-refractivity contribution in [2.45, 2.75) is 52.0 Å². The Morgan fingerprint density at radius 3 is 2.90 bits per heavy atom. The van der Waals surface area contributed by atoms with Crippen LogP contribution in [0.3, 0.4) is 0 Å². The highest BCUT2D eigenvalue weighted by Gasteiger charge is 2.21. The average Bonchev–Trinajstić information content (AvgIpc) is 2.94. The summed E-state index contributed by atoms with van der Waals surface area (Å²) < 4.78 is 0. The maximum Gasteiger partial charge on any atom is 0.243 e. The van der Waals surface area contributed by atoms with Crippen molar-refractivity contribution in [3.05, 3.63) is 28.8 Å². The molecule has 2 aromatic rings. The molecule has 3 rings (SSSR count). The van der Waals surface area contributed by atoms with E-state index in [1.807, 2.05) is 6.20 Å². The zero-order valence-electron chi connectivity index (χ0n) is 12.0. The number of rotatable bonds is 4. The second-order valence-electron chi connectivity index (χ2n) is 5.19. The van der Waals surface area contributed by atoms with Gasteiger partial charge in [0.15, 0.2) is 0 Å². The van der Waals surface area contributed by atoms with E-state index < -0.39 is 0 Å². The van der Waals surface area contributed by atoms with Gasteiger partial charge in [-0.25, -0.2) is 4.98 Å². The predicted molar refractivity (Wildman–Crippen MR) is 76.6 cm³/mol. The molecule has 6 nitrogen and oxygen atoms in total. The molecule has 0 saturated carbocycles. The Balaban J connectivity index is 1.72. The molecule has 0 amide bonds. The minimum Gasteiger partial charge on any atom is -0.350 e. The number of aryl methyl sites for hydroxylation is 3. The summed E-state index contributed by atoms with van der Waals surface area (Å²) in [5.74, 6) is 0.649. The molecule has 0 aromatic carbocycles. The molecule has 2 heterocycles. The van der Waals surface area contributed by atoms with E-state index in [1.54, 1.807) is 0 Å². The van der Waals surface area contributed by atoms with Crippen molar-refractivity contribution in [2.75, 3.05) is 5.32 Å². The number of fused-ring (bicyclic) bond motifs is 1. The molecule has 1 unspecified atom stereocenters. The number of nitrogens with one attached hydrogen (secondary N) is 2. The average molecular weight is 272 g/mol. The lowest BCUT2D eigenvalue weighted by molar-refractivity contribution is 0.597. The summed E-state index contributed by atoms with van der Waals surface area (Å²) in [4.78, 5) is 4.59. The van der Waals surface area contributed by atoms with Crippen LogP contribution in [0.1, 0.15) is 42.9 Å². The van der Waals surface area contributed by atoms with E-state index in [0.717, 1.165) is 43.5 Å². The first kappa shape index (κ1) is 13.0. The summed E-state index contributed by atoms with van der Waals surface area (Å²) in [7, 11) is 0. The summed E-state index contributed by atoms with van der Waals surface area (Å²) in [6, 6.07) is 0.360. The first-order chi connectivity index (χ1) is 9.80. The lowest BCUT2D eigenvalue weighted by atomic mass is 9.94. The maximum atomic E-state index is 4.59. The van der Waals surface area contributed by atoms with Crippen LogP contribution in [0.4, 0.5) is 5.95 Å². The molecule has 106 valence electrons. The van der Waals surface area contributed by atoms with Gasteiger partial charge in [-0.1, -0.05) is 13.8 Å². The zero-order valence-corrected chi connectivity index (χ0v) is 12.0. The Hall–Kier alpha value is -1.98. The van der Waals surface area contributed by atoms with Gasteiger partial charge in [0.25, 0.3) is 0 Å². The lowest BCUT2D eigenvalue weighted by Gasteiger charge is -2.22. The molecule has 2 N–H and O–H groups in total. The third-order valence-electron chi connectivity index (χ3n) is 3.86. The van der Waals surface area contributed by atoms with E-state index in [-0.39, 0.29) is 0 Å².